The number of ketones is 2. The normalized spacial score (nSPS) is 32.6. The van der Waals surface area contributed by atoms with E-state index in [0.717, 1.165) is 6.42 Å². The van der Waals surface area contributed by atoms with Crippen LogP contribution in [0, 0.1) is 5.92 Å². The van der Waals surface area contributed by atoms with E-state index in [4.69, 9.17) is 19.4 Å². The van der Waals surface area contributed by atoms with Gasteiger partial charge in [-0.1, -0.05) is 6.92 Å². The van der Waals surface area contributed by atoms with Gasteiger partial charge in [-0.15, -0.1) is 0 Å². The van der Waals surface area contributed by atoms with Crippen LogP contribution in [0.1, 0.15) is 20.3 Å². The monoisotopic (exact) mass is 395 g/mol. The summed E-state index contributed by atoms with van der Waals surface area (Å²) < 4.78 is 11.4. The number of allylic oxidation sites excluding steroid dienone is 2. The van der Waals surface area contributed by atoms with Gasteiger partial charge in [0.05, 0.1) is 30.9 Å². The van der Waals surface area contributed by atoms with Crippen LogP contribution in [0.25, 0.3) is 0 Å². The summed E-state index contributed by atoms with van der Waals surface area (Å²) >= 11 is 0. The van der Waals surface area contributed by atoms with E-state index >= 15 is 0 Å². The van der Waals surface area contributed by atoms with Crippen LogP contribution in [-0.4, -0.2) is 77.4 Å². The summed E-state index contributed by atoms with van der Waals surface area (Å²) in [7, 11) is 1.57. The van der Waals surface area contributed by atoms with Crippen LogP contribution in [0.2, 0.25) is 0 Å². The quantitative estimate of drug-likeness (QED) is 0.350. The molecule has 5 N–H and O–H groups in total. The number of nitrogens with zero attached hydrogens (tertiary/aromatic N) is 1. The minimum absolute atomic E-state index is 0.0196. The number of hydrogen-bond acceptors (Lipinski definition) is 8. The Morgan fingerprint density at radius 1 is 1.39 bits per heavy atom. The summed E-state index contributed by atoms with van der Waals surface area (Å²) in [5.41, 5.74) is 4.23. The van der Waals surface area contributed by atoms with Crippen molar-refractivity contribution in [3.05, 3.63) is 22.6 Å². The van der Waals surface area contributed by atoms with E-state index < -0.39 is 17.7 Å². The number of carboxylic acid groups (broad SMARTS) is 1. The number of rotatable bonds is 5. The SMILES string of the molecule is CCCOC1=C(C)C(=O)C2=C(C1=O)C(CO)C1(OC)C3NC3CN21.NC(=O)O. The van der Waals surface area contributed by atoms with Gasteiger partial charge in [0, 0.05) is 30.8 Å². The molecule has 4 unspecified atom stereocenters. The fourth-order valence-corrected chi connectivity index (χ4v) is 4.50. The molecule has 10 nitrogen and oxygen atoms in total. The summed E-state index contributed by atoms with van der Waals surface area (Å²) in [6, 6.07) is 0.254. The van der Waals surface area contributed by atoms with Gasteiger partial charge < -0.3 is 35.6 Å². The first-order valence-electron chi connectivity index (χ1n) is 9.11. The highest BCUT2D eigenvalue weighted by Gasteiger charge is 2.72. The Balaban J connectivity index is 0.000000516. The Hall–Kier alpha value is -2.43. The van der Waals surface area contributed by atoms with Crippen LogP contribution in [0.5, 0.6) is 0 Å². The largest absolute Gasteiger partial charge is 0.489 e. The van der Waals surface area contributed by atoms with E-state index in [-0.39, 0.29) is 36.0 Å². The molecule has 28 heavy (non-hydrogen) atoms. The summed E-state index contributed by atoms with van der Waals surface area (Å²) in [6.07, 6.45) is -0.588. The van der Waals surface area contributed by atoms with Gasteiger partial charge in [-0.05, 0) is 13.3 Å². The molecular weight excluding hydrogens is 370 g/mol. The van der Waals surface area contributed by atoms with Crippen LogP contribution in [0.4, 0.5) is 4.79 Å². The fraction of sp³-hybridized carbons (Fsp3) is 0.611. The lowest BCUT2D eigenvalue weighted by atomic mass is 9.83. The van der Waals surface area contributed by atoms with Gasteiger partial charge in [-0.2, -0.15) is 0 Å². The maximum Gasteiger partial charge on any atom is 0.402 e. The van der Waals surface area contributed by atoms with Crippen molar-refractivity contribution in [2.24, 2.45) is 11.7 Å². The van der Waals surface area contributed by atoms with Crippen molar-refractivity contribution < 1.29 is 34.1 Å². The Bertz CT molecular complexity index is 786. The van der Waals surface area contributed by atoms with E-state index in [0.29, 0.717) is 30.0 Å². The predicted molar refractivity (Wildman–Crippen MR) is 95.9 cm³/mol. The number of piperazine rings is 1. The molecular formula is C18H25N3O7. The number of nitrogens with one attached hydrogen (secondary N) is 1. The number of primary amides is 1. The van der Waals surface area contributed by atoms with Gasteiger partial charge in [0.2, 0.25) is 11.6 Å². The summed E-state index contributed by atoms with van der Waals surface area (Å²) in [4.78, 5) is 36.7. The molecule has 154 valence electrons. The number of aliphatic hydroxyl groups is 1. The minimum Gasteiger partial charge on any atom is -0.489 e. The van der Waals surface area contributed by atoms with Crippen LogP contribution in [0.3, 0.4) is 0 Å². The van der Waals surface area contributed by atoms with Crippen molar-refractivity contribution in [2.75, 3.05) is 26.9 Å². The zero-order valence-corrected chi connectivity index (χ0v) is 16.0. The molecule has 0 bridgehead atoms. The molecule has 0 saturated carbocycles. The third-order valence-electron chi connectivity index (χ3n) is 5.61. The number of amides is 1. The number of fused-ring (bicyclic) bond motifs is 4. The maximum absolute atomic E-state index is 13.0. The average Bonchev–Trinajstić information content (AvgIpc) is 3.25. The van der Waals surface area contributed by atoms with Gasteiger partial charge in [-0.25, -0.2) is 4.79 Å². The highest BCUT2D eigenvalue weighted by molar-refractivity contribution is 6.25. The zero-order chi connectivity index (χ0) is 20.8. The van der Waals surface area contributed by atoms with E-state index in [1.54, 1.807) is 14.0 Å². The zero-order valence-electron chi connectivity index (χ0n) is 16.0. The summed E-state index contributed by atoms with van der Waals surface area (Å²) in [5, 5.41) is 20.5. The number of hydrogen-bond donors (Lipinski definition) is 4. The first kappa shape index (κ1) is 20.3. The van der Waals surface area contributed by atoms with Crippen LogP contribution >= 0.6 is 0 Å². The predicted octanol–water partition coefficient (Wildman–Crippen LogP) is -0.663. The number of carbonyl (C=O) groups excluding carboxylic acids is 2. The molecule has 0 spiro atoms. The van der Waals surface area contributed by atoms with Gasteiger partial charge in [0.15, 0.2) is 11.5 Å². The molecule has 0 aromatic rings. The van der Waals surface area contributed by atoms with Crippen molar-refractivity contribution in [1.29, 1.82) is 0 Å². The van der Waals surface area contributed by atoms with E-state index in [1.165, 1.54) is 0 Å². The van der Waals surface area contributed by atoms with Gasteiger partial charge >= 0.3 is 6.09 Å². The third-order valence-corrected chi connectivity index (χ3v) is 5.61. The second-order valence-electron chi connectivity index (χ2n) is 7.11. The molecule has 4 aliphatic rings. The fourth-order valence-electron chi connectivity index (χ4n) is 4.50. The molecule has 0 aromatic carbocycles. The Kier molecular flexibility index (Phi) is 5.22. The molecule has 1 amide bonds. The standard InChI is InChI=1S/C17H22N2O5.CH3NO2/c1-4-5-24-15-8(2)13(21)12-11(14(15)22)9(7-20)17(23-3)16-10(18-16)6-19(12)17;2-1(3)4/h9-10,16,18,20H,4-7H2,1-3H3;2H2,(H,3,4). The van der Waals surface area contributed by atoms with Crippen molar-refractivity contribution in [2.45, 2.75) is 38.1 Å². The lowest BCUT2D eigenvalue weighted by Crippen LogP contribution is -2.54. The lowest BCUT2D eigenvalue weighted by Gasteiger charge is -2.39. The van der Waals surface area contributed by atoms with Crippen LogP contribution < -0.4 is 11.1 Å². The molecule has 2 fully saturated rings. The Morgan fingerprint density at radius 3 is 2.57 bits per heavy atom. The molecule has 4 atom stereocenters. The first-order chi connectivity index (χ1) is 13.3. The molecule has 1 aliphatic carbocycles. The molecule has 0 aromatic heterocycles. The first-order valence-corrected chi connectivity index (χ1v) is 9.11. The second-order valence-corrected chi connectivity index (χ2v) is 7.11. The van der Waals surface area contributed by atoms with Gasteiger partial charge in [0.25, 0.3) is 0 Å². The molecule has 3 heterocycles. The maximum atomic E-state index is 13.0. The van der Waals surface area contributed by atoms with Crippen molar-refractivity contribution in [3.63, 3.8) is 0 Å². The molecule has 10 heteroatoms. The highest BCUT2D eigenvalue weighted by atomic mass is 16.5. The number of Topliss-reactive ketones (excluding diaryl/α,β-unsaturated/α-hetero) is 2. The lowest BCUT2D eigenvalue weighted by molar-refractivity contribution is -0.137. The number of ether oxygens (including phenoxy) is 2. The van der Waals surface area contributed by atoms with E-state index in [9.17, 15) is 14.7 Å². The third kappa shape index (κ3) is 2.71. The summed E-state index contributed by atoms with van der Waals surface area (Å²) in [6.45, 7) is 4.30. The van der Waals surface area contributed by atoms with Crippen LogP contribution in [0.15, 0.2) is 22.6 Å². The molecule has 4 rings (SSSR count). The van der Waals surface area contributed by atoms with Crippen molar-refractivity contribution >= 4 is 17.7 Å². The minimum atomic E-state index is -1.33. The van der Waals surface area contributed by atoms with Crippen molar-refractivity contribution in [1.82, 2.24) is 10.2 Å². The molecule has 2 saturated heterocycles. The topological polar surface area (TPSA) is 161 Å². The summed E-state index contributed by atoms with van der Waals surface area (Å²) in [5.74, 6) is -0.939. The van der Waals surface area contributed by atoms with Crippen LogP contribution in [-0.2, 0) is 19.1 Å². The van der Waals surface area contributed by atoms with Gasteiger partial charge in [0.1, 0.15) is 0 Å². The highest BCUT2D eigenvalue weighted by Crippen LogP contribution is 2.55. The van der Waals surface area contributed by atoms with Crippen molar-refractivity contribution in [3.8, 4) is 0 Å². The number of carbonyl (C=O) groups is 3. The Labute approximate surface area is 161 Å². The molecule has 0 radical (unpaired) electrons. The van der Waals surface area contributed by atoms with E-state index in [1.807, 2.05) is 11.8 Å². The van der Waals surface area contributed by atoms with E-state index in [2.05, 4.69) is 11.1 Å². The number of methoxy groups -OCH3 is 1. The smallest absolute Gasteiger partial charge is 0.402 e. The number of aliphatic hydroxyl groups excluding tert-OH is 1. The molecule has 3 aliphatic heterocycles. The van der Waals surface area contributed by atoms with Gasteiger partial charge in [-0.3, -0.25) is 9.59 Å². The second kappa shape index (κ2) is 7.19. The number of nitrogens with two attached hydrogens (primary N) is 1. The average molecular weight is 395 g/mol. The Morgan fingerprint density at radius 2 is 2.04 bits per heavy atom.